The Balaban J connectivity index is 1.71. The quantitative estimate of drug-likeness (QED) is 0.762. The second-order valence-corrected chi connectivity index (χ2v) is 9.67. The Bertz CT molecular complexity index is 776. The summed E-state index contributed by atoms with van der Waals surface area (Å²) in [7, 11) is 3.36. The van der Waals surface area contributed by atoms with Gasteiger partial charge in [-0.05, 0) is 54.4 Å². The van der Waals surface area contributed by atoms with E-state index in [-0.39, 0.29) is 28.9 Å². The second kappa shape index (κ2) is 7.50. The van der Waals surface area contributed by atoms with E-state index in [1.54, 1.807) is 14.2 Å². The van der Waals surface area contributed by atoms with E-state index in [0.29, 0.717) is 24.9 Å². The monoisotopic (exact) mass is 401 g/mol. The molecule has 1 amide bonds. The van der Waals surface area contributed by atoms with Gasteiger partial charge in [0.2, 0.25) is 5.91 Å². The standard InChI is InChI=1S/C24H35NO4/c1-6-8-19(26)25-22-23(2,3)15-13-17-20(29-12-11-24(17,22)14-15)16-9-7-10-18(27-4)21(16)28-5/h7,9-10,15,17,20,22H,6,8,11-14H2,1-5H3,(H,25,26)/t15-,17-,20-,22-,24?/m1/s1. The van der Waals surface area contributed by atoms with E-state index in [9.17, 15) is 4.79 Å². The summed E-state index contributed by atoms with van der Waals surface area (Å²) >= 11 is 0. The highest BCUT2D eigenvalue weighted by Gasteiger charge is 2.68. The highest BCUT2D eigenvalue weighted by Crippen LogP contribution is 2.71. The molecule has 2 saturated carbocycles. The van der Waals surface area contributed by atoms with Gasteiger partial charge >= 0.3 is 0 Å². The molecule has 2 aliphatic carbocycles. The molecule has 2 bridgehead atoms. The van der Waals surface area contributed by atoms with Crippen molar-refractivity contribution in [3.8, 4) is 11.5 Å². The third-order valence-electron chi connectivity index (χ3n) is 8.03. The number of fused-ring (bicyclic) bond motifs is 1. The fourth-order valence-electron chi connectivity index (χ4n) is 6.69. The second-order valence-electron chi connectivity index (χ2n) is 9.67. The maximum absolute atomic E-state index is 12.6. The van der Waals surface area contributed by atoms with Gasteiger partial charge in [0, 0.05) is 24.6 Å². The Hall–Kier alpha value is -1.75. The van der Waals surface area contributed by atoms with E-state index in [1.807, 2.05) is 12.1 Å². The lowest BCUT2D eigenvalue weighted by Gasteiger charge is -2.53. The SMILES string of the molecule is CCCC(=O)N[C@@H]1C(C)(C)[C@@H]2C[C@@H]3[C@@H](c4cccc(OC)c4OC)OCCC31C2. The van der Waals surface area contributed by atoms with Gasteiger partial charge in [0.15, 0.2) is 11.5 Å². The Kier molecular flexibility index (Phi) is 5.30. The molecule has 1 N–H and O–H groups in total. The summed E-state index contributed by atoms with van der Waals surface area (Å²) in [6.45, 7) is 7.46. The molecular formula is C24H35NO4. The van der Waals surface area contributed by atoms with E-state index in [0.717, 1.165) is 36.3 Å². The normalized spacial score (nSPS) is 34.5. The number of para-hydroxylation sites is 1. The molecule has 1 aromatic rings. The summed E-state index contributed by atoms with van der Waals surface area (Å²) in [6, 6.07) is 6.24. The van der Waals surface area contributed by atoms with Crippen LogP contribution in [0.5, 0.6) is 11.5 Å². The van der Waals surface area contributed by atoms with Gasteiger partial charge in [0.1, 0.15) is 0 Å². The minimum atomic E-state index is -0.0273. The Morgan fingerprint density at radius 3 is 2.76 bits per heavy atom. The molecule has 1 unspecified atom stereocenters. The van der Waals surface area contributed by atoms with Gasteiger partial charge in [-0.1, -0.05) is 32.9 Å². The van der Waals surface area contributed by atoms with Gasteiger partial charge in [-0.15, -0.1) is 0 Å². The zero-order valence-corrected chi connectivity index (χ0v) is 18.4. The average Bonchev–Trinajstić information content (AvgIpc) is 3.20. The lowest BCUT2D eigenvalue weighted by molar-refractivity contribution is -0.137. The van der Waals surface area contributed by atoms with E-state index in [1.165, 1.54) is 6.42 Å². The van der Waals surface area contributed by atoms with E-state index in [4.69, 9.17) is 14.2 Å². The predicted molar refractivity (Wildman–Crippen MR) is 112 cm³/mol. The van der Waals surface area contributed by atoms with Crippen LogP contribution in [-0.4, -0.2) is 32.8 Å². The van der Waals surface area contributed by atoms with Crippen molar-refractivity contribution in [3.63, 3.8) is 0 Å². The topological polar surface area (TPSA) is 56.8 Å². The minimum Gasteiger partial charge on any atom is -0.493 e. The van der Waals surface area contributed by atoms with Gasteiger partial charge < -0.3 is 19.5 Å². The highest BCUT2D eigenvalue weighted by atomic mass is 16.5. The third kappa shape index (κ3) is 3.04. The zero-order chi connectivity index (χ0) is 20.8. The first kappa shape index (κ1) is 20.5. The number of hydrogen-bond acceptors (Lipinski definition) is 4. The van der Waals surface area contributed by atoms with Crippen LogP contribution in [0.15, 0.2) is 18.2 Å². The van der Waals surface area contributed by atoms with Crippen LogP contribution < -0.4 is 14.8 Å². The number of carbonyl (C=O) groups is 1. The van der Waals surface area contributed by atoms with Crippen LogP contribution in [0.3, 0.4) is 0 Å². The molecule has 29 heavy (non-hydrogen) atoms. The van der Waals surface area contributed by atoms with Crippen molar-refractivity contribution in [1.29, 1.82) is 0 Å². The maximum atomic E-state index is 12.6. The Morgan fingerprint density at radius 2 is 2.07 bits per heavy atom. The first-order chi connectivity index (χ1) is 13.9. The molecule has 5 nitrogen and oxygen atoms in total. The van der Waals surface area contributed by atoms with Crippen molar-refractivity contribution in [3.05, 3.63) is 23.8 Å². The predicted octanol–water partition coefficient (Wildman–Crippen LogP) is 4.50. The van der Waals surface area contributed by atoms with Crippen molar-refractivity contribution in [1.82, 2.24) is 5.32 Å². The Labute approximate surface area is 174 Å². The van der Waals surface area contributed by atoms with Crippen LogP contribution in [0.4, 0.5) is 0 Å². The smallest absolute Gasteiger partial charge is 0.220 e. The van der Waals surface area contributed by atoms with Crippen LogP contribution >= 0.6 is 0 Å². The summed E-state index contributed by atoms with van der Waals surface area (Å²) < 4.78 is 17.7. The van der Waals surface area contributed by atoms with Gasteiger partial charge in [-0.2, -0.15) is 0 Å². The van der Waals surface area contributed by atoms with Crippen LogP contribution in [-0.2, 0) is 9.53 Å². The summed E-state index contributed by atoms with van der Waals surface area (Å²) in [5, 5.41) is 3.46. The maximum Gasteiger partial charge on any atom is 0.220 e. The van der Waals surface area contributed by atoms with Crippen molar-refractivity contribution >= 4 is 5.91 Å². The van der Waals surface area contributed by atoms with Crippen molar-refractivity contribution < 1.29 is 19.0 Å². The van der Waals surface area contributed by atoms with E-state index < -0.39 is 0 Å². The van der Waals surface area contributed by atoms with Gasteiger partial charge in [0.05, 0.1) is 20.3 Å². The number of methoxy groups -OCH3 is 2. The van der Waals surface area contributed by atoms with Gasteiger partial charge in [-0.25, -0.2) is 0 Å². The fourth-order valence-corrected chi connectivity index (χ4v) is 6.69. The lowest BCUT2D eigenvalue weighted by Crippen LogP contribution is -2.58. The third-order valence-corrected chi connectivity index (χ3v) is 8.03. The number of nitrogens with one attached hydrogen (secondary N) is 1. The molecule has 1 spiro atoms. The summed E-state index contributed by atoms with van der Waals surface area (Å²) in [4.78, 5) is 12.6. The molecule has 5 atom stereocenters. The molecule has 160 valence electrons. The summed E-state index contributed by atoms with van der Waals surface area (Å²) in [5.41, 5.74) is 1.27. The van der Waals surface area contributed by atoms with Crippen LogP contribution in [0.25, 0.3) is 0 Å². The fraction of sp³-hybridized carbons (Fsp3) is 0.708. The van der Waals surface area contributed by atoms with Crippen LogP contribution in [0.2, 0.25) is 0 Å². The van der Waals surface area contributed by atoms with Crippen molar-refractivity contribution in [2.45, 2.75) is 65.0 Å². The number of amides is 1. The molecule has 0 aromatic heterocycles. The molecule has 5 heteroatoms. The molecule has 1 aliphatic heterocycles. The number of hydrogen-bond donors (Lipinski definition) is 1. The molecule has 1 aromatic carbocycles. The molecule has 3 aliphatic rings. The summed E-state index contributed by atoms with van der Waals surface area (Å²) in [5.74, 6) is 2.67. The first-order valence-electron chi connectivity index (χ1n) is 11.0. The summed E-state index contributed by atoms with van der Waals surface area (Å²) in [6.07, 6.45) is 4.77. The van der Waals surface area contributed by atoms with Crippen molar-refractivity contribution in [2.24, 2.45) is 22.7 Å². The van der Waals surface area contributed by atoms with E-state index in [2.05, 4.69) is 32.2 Å². The van der Waals surface area contributed by atoms with Crippen LogP contribution in [0, 0.1) is 22.7 Å². The number of ether oxygens (including phenoxy) is 3. The highest BCUT2D eigenvalue weighted by molar-refractivity contribution is 5.76. The number of rotatable bonds is 6. The molecule has 1 saturated heterocycles. The molecule has 0 radical (unpaired) electrons. The Morgan fingerprint density at radius 1 is 1.28 bits per heavy atom. The van der Waals surface area contributed by atoms with Crippen molar-refractivity contribution in [2.75, 3.05) is 20.8 Å². The lowest BCUT2D eigenvalue weighted by atomic mass is 9.58. The molecular weight excluding hydrogens is 366 g/mol. The number of carbonyl (C=O) groups excluding carboxylic acids is 1. The largest absolute Gasteiger partial charge is 0.493 e. The van der Waals surface area contributed by atoms with E-state index >= 15 is 0 Å². The molecule has 1 heterocycles. The van der Waals surface area contributed by atoms with Gasteiger partial charge in [0.25, 0.3) is 0 Å². The zero-order valence-electron chi connectivity index (χ0n) is 18.4. The molecule has 4 rings (SSSR count). The average molecular weight is 402 g/mol. The first-order valence-corrected chi connectivity index (χ1v) is 11.0. The minimum absolute atomic E-state index is 0.0273. The van der Waals surface area contributed by atoms with Gasteiger partial charge in [-0.3, -0.25) is 4.79 Å². The van der Waals surface area contributed by atoms with Crippen LogP contribution in [0.1, 0.15) is 64.5 Å². The number of benzene rings is 1. The molecule has 3 fully saturated rings.